The lowest BCUT2D eigenvalue weighted by atomic mass is 10.2. The van der Waals surface area contributed by atoms with Gasteiger partial charge in [-0.2, -0.15) is 0 Å². The van der Waals surface area contributed by atoms with Crippen LogP contribution in [-0.4, -0.2) is 54.4 Å². The minimum Gasteiger partial charge on any atom is -0.397 e. The molecule has 0 spiro atoms. The Kier molecular flexibility index (Phi) is 5.41. The zero-order chi connectivity index (χ0) is 15.4. The molecule has 1 aromatic rings. The van der Waals surface area contributed by atoms with Gasteiger partial charge in [0.2, 0.25) is 5.91 Å². The summed E-state index contributed by atoms with van der Waals surface area (Å²) in [6, 6.07) is 4.97. The summed E-state index contributed by atoms with van der Waals surface area (Å²) >= 11 is 5.84. The molecule has 21 heavy (non-hydrogen) atoms. The molecule has 0 radical (unpaired) electrons. The molecule has 1 aliphatic rings. The Hall–Kier alpha value is -1.34. The maximum absolute atomic E-state index is 12.0. The van der Waals surface area contributed by atoms with E-state index in [9.17, 15) is 9.90 Å². The molecule has 2 rings (SSSR count). The lowest BCUT2D eigenvalue weighted by Crippen LogP contribution is -2.50. The maximum atomic E-state index is 12.0. The van der Waals surface area contributed by atoms with Gasteiger partial charge in [0.1, 0.15) is 0 Å². The molecule has 0 bridgehead atoms. The van der Waals surface area contributed by atoms with Gasteiger partial charge in [0, 0.05) is 18.8 Å². The highest BCUT2D eigenvalue weighted by molar-refractivity contribution is 6.33. The number of aliphatic hydroxyl groups excluding tert-OH is 1. The van der Waals surface area contributed by atoms with Gasteiger partial charge in [-0.3, -0.25) is 9.69 Å². The van der Waals surface area contributed by atoms with E-state index in [0.29, 0.717) is 29.5 Å². The first-order valence-corrected chi connectivity index (χ1v) is 7.19. The fourth-order valence-electron chi connectivity index (χ4n) is 2.40. The van der Waals surface area contributed by atoms with Crippen molar-refractivity contribution in [3.05, 3.63) is 23.2 Å². The second kappa shape index (κ2) is 7.09. The number of hydrogen-bond donors (Lipinski definition) is 3. The molecule has 0 saturated carbocycles. The summed E-state index contributed by atoms with van der Waals surface area (Å²) in [6.07, 6.45) is -0.248. The predicted molar refractivity (Wildman–Crippen MR) is 82.4 cm³/mol. The van der Waals surface area contributed by atoms with Gasteiger partial charge in [0.25, 0.3) is 0 Å². The fourth-order valence-corrected chi connectivity index (χ4v) is 2.51. The number of amides is 1. The van der Waals surface area contributed by atoms with E-state index in [1.807, 2.05) is 11.8 Å². The third-order valence-electron chi connectivity index (χ3n) is 3.25. The van der Waals surface area contributed by atoms with Crippen molar-refractivity contribution < 1.29 is 14.6 Å². The van der Waals surface area contributed by atoms with Gasteiger partial charge in [-0.05, 0) is 25.1 Å². The van der Waals surface area contributed by atoms with E-state index in [2.05, 4.69) is 5.32 Å². The number of aliphatic hydroxyl groups is 1. The molecule has 4 N–H and O–H groups in total. The molecular formula is C14H20ClN3O3. The summed E-state index contributed by atoms with van der Waals surface area (Å²) in [5.74, 6) is -0.137. The molecule has 2 atom stereocenters. The quantitative estimate of drug-likeness (QED) is 0.720. The number of anilines is 2. The molecule has 1 aromatic carbocycles. The first-order valence-electron chi connectivity index (χ1n) is 6.81. The molecule has 0 aromatic heterocycles. The van der Waals surface area contributed by atoms with Crippen LogP contribution in [0.5, 0.6) is 0 Å². The highest BCUT2D eigenvalue weighted by Crippen LogP contribution is 2.22. The Morgan fingerprint density at radius 1 is 1.57 bits per heavy atom. The van der Waals surface area contributed by atoms with E-state index in [-0.39, 0.29) is 31.3 Å². The molecule has 7 heteroatoms. The standard InChI is InChI=1S/C14H20ClN3O3/c1-9-5-18(6-11(8-19)21-9)7-14(20)17-10-2-3-12(15)13(16)4-10/h2-4,9,11,19H,5-8,16H2,1H3,(H,17,20). The first kappa shape index (κ1) is 16.0. The lowest BCUT2D eigenvalue weighted by Gasteiger charge is -2.35. The number of halogens is 1. The van der Waals surface area contributed by atoms with Crippen LogP contribution in [-0.2, 0) is 9.53 Å². The number of nitrogen functional groups attached to an aromatic ring is 1. The Morgan fingerprint density at radius 2 is 2.33 bits per heavy atom. The molecule has 1 fully saturated rings. The van der Waals surface area contributed by atoms with Crippen molar-refractivity contribution in [3.8, 4) is 0 Å². The predicted octanol–water partition coefficient (Wildman–Crippen LogP) is 0.942. The van der Waals surface area contributed by atoms with Crippen molar-refractivity contribution >= 4 is 28.9 Å². The van der Waals surface area contributed by atoms with Gasteiger partial charge in [-0.25, -0.2) is 0 Å². The monoisotopic (exact) mass is 313 g/mol. The number of morpholine rings is 1. The number of hydrogen-bond acceptors (Lipinski definition) is 5. The normalized spacial score (nSPS) is 23.0. The highest BCUT2D eigenvalue weighted by atomic mass is 35.5. The number of carbonyl (C=O) groups excluding carboxylic acids is 1. The van der Waals surface area contributed by atoms with E-state index in [1.165, 1.54) is 0 Å². The van der Waals surface area contributed by atoms with E-state index in [0.717, 1.165) is 0 Å². The number of benzene rings is 1. The van der Waals surface area contributed by atoms with Crippen molar-refractivity contribution in [3.63, 3.8) is 0 Å². The average Bonchev–Trinajstić information content (AvgIpc) is 2.42. The molecule has 6 nitrogen and oxygen atoms in total. The van der Waals surface area contributed by atoms with Crippen LogP contribution in [0.4, 0.5) is 11.4 Å². The van der Waals surface area contributed by atoms with Crippen molar-refractivity contribution in [1.82, 2.24) is 4.90 Å². The summed E-state index contributed by atoms with van der Waals surface area (Å²) in [7, 11) is 0. The minimum absolute atomic E-state index is 0.00474. The van der Waals surface area contributed by atoms with Crippen molar-refractivity contribution in [2.24, 2.45) is 0 Å². The van der Waals surface area contributed by atoms with Gasteiger partial charge in [-0.1, -0.05) is 11.6 Å². The van der Waals surface area contributed by atoms with Gasteiger partial charge in [0.05, 0.1) is 36.1 Å². The van der Waals surface area contributed by atoms with Crippen molar-refractivity contribution in [1.29, 1.82) is 0 Å². The van der Waals surface area contributed by atoms with E-state index < -0.39 is 0 Å². The zero-order valence-electron chi connectivity index (χ0n) is 11.9. The van der Waals surface area contributed by atoms with Crippen LogP contribution in [0.2, 0.25) is 5.02 Å². The Balaban J connectivity index is 1.90. The van der Waals surface area contributed by atoms with E-state index in [1.54, 1.807) is 18.2 Å². The van der Waals surface area contributed by atoms with Crippen LogP contribution in [0.3, 0.4) is 0 Å². The van der Waals surface area contributed by atoms with Crippen LogP contribution >= 0.6 is 11.6 Å². The second-order valence-corrected chi connectivity index (χ2v) is 5.64. The largest absolute Gasteiger partial charge is 0.397 e. The summed E-state index contributed by atoms with van der Waals surface area (Å²) in [5, 5.41) is 12.4. The number of carbonyl (C=O) groups is 1. The minimum atomic E-state index is -0.243. The molecule has 0 aliphatic carbocycles. The number of nitrogens with one attached hydrogen (secondary N) is 1. The Morgan fingerprint density at radius 3 is 3.00 bits per heavy atom. The van der Waals surface area contributed by atoms with Crippen LogP contribution in [0.25, 0.3) is 0 Å². The van der Waals surface area contributed by atoms with Crippen molar-refractivity contribution in [2.75, 3.05) is 37.3 Å². The van der Waals surface area contributed by atoms with E-state index in [4.69, 9.17) is 22.1 Å². The third kappa shape index (κ3) is 4.57. The number of ether oxygens (including phenoxy) is 1. The van der Waals surface area contributed by atoms with Gasteiger partial charge in [-0.15, -0.1) is 0 Å². The zero-order valence-corrected chi connectivity index (χ0v) is 12.6. The summed E-state index contributed by atoms with van der Waals surface area (Å²) < 4.78 is 5.54. The highest BCUT2D eigenvalue weighted by Gasteiger charge is 2.25. The molecule has 1 amide bonds. The number of rotatable bonds is 4. The fraction of sp³-hybridized carbons (Fsp3) is 0.500. The molecule has 2 unspecified atom stereocenters. The SMILES string of the molecule is CC1CN(CC(=O)Nc2ccc(Cl)c(N)c2)CC(CO)O1. The van der Waals surface area contributed by atoms with Gasteiger partial charge in [0.15, 0.2) is 0 Å². The summed E-state index contributed by atoms with van der Waals surface area (Å²) in [5.41, 5.74) is 6.74. The smallest absolute Gasteiger partial charge is 0.238 e. The van der Waals surface area contributed by atoms with Crippen LogP contribution in [0.1, 0.15) is 6.92 Å². The third-order valence-corrected chi connectivity index (χ3v) is 3.60. The van der Waals surface area contributed by atoms with Crippen molar-refractivity contribution in [2.45, 2.75) is 19.1 Å². The molecular weight excluding hydrogens is 294 g/mol. The van der Waals surface area contributed by atoms with E-state index >= 15 is 0 Å². The maximum Gasteiger partial charge on any atom is 0.238 e. The average molecular weight is 314 g/mol. The van der Waals surface area contributed by atoms with Gasteiger partial charge < -0.3 is 20.9 Å². The summed E-state index contributed by atoms with van der Waals surface area (Å²) in [4.78, 5) is 14.0. The Labute approximate surface area is 128 Å². The first-order chi connectivity index (χ1) is 9.97. The molecule has 1 saturated heterocycles. The topological polar surface area (TPSA) is 87.8 Å². The lowest BCUT2D eigenvalue weighted by molar-refractivity contribution is -0.124. The van der Waals surface area contributed by atoms with Crippen LogP contribution < -0.4 is 11.1 Å². The van der Waals surface area contributed by atoms with Crippen LogP contribution in [0.15, 0.2) is 18.2 Å². The Bertz CT molecular complexity index is 512. The number of nitrogens with two attached hydrogens (primary N) is 1. The number of nitrogens with zero attached hydrogens (tertiary/aromatic N) is 1. The second-order valence-electron chi connectivity index (χ2n) is 5.23. The molecule has 1 aliphatic heterocycles. The molecule has 116 valence electrons. The molecule has 1 heterocycles. The summed E-state index contributed by atoms with van der Waals surface area (Å²) in [6.45, 7) is 3.32. The van der Waals surface area contributed by atoms with Gasteiger partial charge >= 0.3 is 0 Å². The van der Waals surface area contributed by atoms with Crippen LogP contribution in [0, 0.1) is 0 Å².